The Balaban J connectivity index is 1.02. The van der Waals surface area contributed by atoms with Crippen molar-refractivity contribution in [2.75, 3.05) is 20.9 Å². The molecule has 2 unspecified atom stereocenters. The van der Waals surface area contributed by atoms with Crippen LogP contribution in [0.1, 0.15) is 116 Å². The first-order valence-corrected chi connectivity index (χ1v) is 27.1. The van der Waals surface area contributed by atoms with Crippen molar-refractivity contribution >= 4 is 63.2 Å². The molecule has 0 aromatic heterocycles. The first-order chi connectivity index (χ1) is 38.5. The highest BCUT2D eigenvalue weighted by molar-refractivity contribution is 6.52. The van der Waals surface area contributed by atoms with Gasteiger partial charge < -0.3 is 26.0 Å². The Bertz CT molecular complexity index is 3980. The lowest BCUT2D eigenvalue weighted by molar-refractivity contribution is -0.292. The van der Waals surface area contributed by atoms with Crippen LogP contribution in [0.5, 0.6) is 0 Å². The van der Waals surface area contributed by atoms with Gasteiger partial charge in [-0.15, -0.1) is 0 Å². The van der Waals surface area contributed by atoms with Gasteiger partial charge in [0.25, 0.3) is 17.7 Å². The SMILES string of the molecule is CC1N(Cc2cccc(CC(=O)c3ccccc3)c2)c2cc(NC(=O)c3ccccc3)c(C3=C([O-])C(=c4cc5c(cc4NC(=O)c4ccccc4)=[N+](Cc4cccc(NC(=O)c6ccccc6)c4)C(C)C5(C)C)C3=O)cc2C1(C)C. The number of fused-ring (bicyclic) bond motifs is 2. The molecule has 1 aliphatic carbocycles. The Kier molecular flexibility index (Phi) is 13.8. The minimum atomic E-state index is -0.502. The highest BCUT2D eigenvalue weighted by Gasteiger charge is 2.46. The van der Waals surface area contributed by atoms with Gasteiger partial charge in [-0.05, 0) is 111 Å². The molecule has 398 valence electrons. The van der Waals surface area contributed by atoms with Crippen LogP contribution in [-0.4, -0.2) is 41.4 Å². The highest BCUT2D eigenvalue weighted by Crippen LogP contribution is 2.50. The topological polar surface area (TPSA) is 151 Å². The molecule has 2 atom stereocenters. The quantitative estimate of drug-likeness (QED) is 0.0725. The average molecular weight is 1060 g/mol. The Morgan fingerprint density at radius 1 is 0.537 bits per heavy atom. The largest absolute Gasteiger partial charge is 0.871 e. The number of anilines is 4. The molecule has 2 heterocycles. The fourth-order valence-electron chi connectivity index (χ4n) is 11.5. The monoisotopic (exact) mass is 1060 g/mol. The number of nitrogens with zero attached hydrogens (tertiary/aromatic N) is 2. The third-order valence-corrected chi connectivity index (χ3v) is 16.7. The summed E-state index contributed by atoms with van der Waals surface area (Å²) < 4.78 is 2.25. The van der Waals surface area contributed by atoms with Crippen LogP contribution in [0.2, 0.25) is 0 Å². The smallest absolute Gasteiger partial charge is 0.255 e. The van der Waals surface area contributed by atoms with Gasteiger partial charge in [0.2, 0.25) is 5.36 Å². The molecular weight excluding hydrogens is 995 g/mol. The molecule has 2 aliphatic heterocycles. The molecule has 3 N–H and O–H groups in total. The van der Waals surface area contributed by atoms with Crippen molar-refractivity contribution < 1.29 is 29.1 Å². The number of allylic oxidation sites excluding steroid dienone is 2. The summed E-state index contributed by atoms with van der Waals surface area (Å²) in [6, 6.07) is 59.1. The molecule has 0 saturated heterocycles. The van der Waals surface area contributed by atoms with E-state index >= 15 is 9.90 Å². The van der Waals surface area contributed by atoms with E-state index in [1.54, 1.807) is 60.7 Å². The lowest BCUT2D eigenvalue weighted by Gasteiger charge is -2.33. The fourth-order valence-corrected chi connectivity index (χ4v) is 11.5. The molecule has 8 aromatic rings. The average Bonchev–Trinajstić information content (AvgIpc) is 4.00. The molecule has 11 heteroatoms. The van der Waals surface area contributed by atoms with Gasteiger partial charge in [-0.3, -0.25) is 24.0 Å². The van der Waals surface area contributed by atoms with Gasteiger partial charge in [0.15, 0.2) is 24.2 Å². The molecule has 0 radical (unpaired) electrons. The summed E-state index contributed by atoms with van der Waals surface area (Å²) in [5, 5.41) is 25.6. The Labute approximate surface area is 465 Å². The van der Waals surface area contributed by atoms with Crippen LogP contribution < -0.4 is 41.1 Å². The van der Waals surface area contributed by atoms with E-state index in [1.165, 1.54) is 0 Å². The molecule has 0 bridgehead atoms. The Morgan fingerprint density at radius 3 is 1.68 bits per heavy atom. The summed E-state index contributed by atoms with van der Waals surface area (Å²) in [6.07, 6.45) is 0.254. The van der Waals surface area contributed by atoms with Crippen molar-refractivity contribution in [1.29, 1.82) is 0 Å². The van der Waals surface area contributed by atoms with Crippen LogP contribution in [0.4, 0.5) is 22.7 Å². The minimum Gasteiger partial charge on any atom is -0.871 e. The van der Waals surface area contributed by atoms with Gasteiger partial charge in [-0.2, -0.15) is 0 Å². The van der Waals surface area contributed by atoms with E-state index in [2.05, 4.69) is 73.0 Å². The number of carbonyl (C=O) groups is 5. The Hall–Kier alpha value is -9.48. The molecule has 11 nitrogen and oxygen atoms in total. The molecule has 3 amide bonds. The maximum atomic E-state index is 15.3. The molecule has 8 aromatic carbocycles. The number of Topliss-reactive ketones (excluding diaryl/α,β-unsaturated/α-hetero) is 2. The number of rotatable bonds is 14. The molecular formula is C69H61N5O6. The van der Waals surface area contributed by atoms with Crippen LogP contribution >= 0.6 is 0 Å². The van der Waals surface area contributed by atoms with Crippen molar-refractivity contribution in [3.63, 3.8) is 0 Å². The van der Waals surface area contributed by atoms with Crippen molar-refractivity contribution in [3.05, 3.63) is 266 Å². The maximum Gasteiger partial charge on any atom is 0.255 e. The van der Waals surface area contributed by atoms with Gasteiger partial charge in [-0.1, -0.05) is 141 Å². The van der Waals surface area contributed by atoms with E-state index in [0.717, 1.165) is 38.9 Å². The van der Waals surface area contributed by atoms with E-state index in [-0.39, 0.29) is 41.3 Å². The molecule has 80 heavy (non-hydrogen) atoms. The van der Waals surface area contributed by atoms with E-state index in [0.29, 0.717) is 63.2 Å². The second kappa shape index (κ2) is 21.1. The lowest BCUT2D eigenvalue weighted by Crippen LogP contribution is -2.38. The van der Waals surface area contributed by atoms with Crippen LogP contribution in [0, 0.1) is 0 Å². The zero-order chi connectivity index (χ0) is 56.0. The first-order valence-electron chi connectivity index (χ1n) is 27.1. The number of hydrogen-bond acceptors (Lipinski definition) is 7. The summed E-state index contributed by atoms with van der Waals surface area (Å²) in [5.74, 6) is -2.00. The predicted molar refractivity (Wildman–Crippen MR) is 314 cm³/mol. The van der Waals surface area contributed by atoms with Crippen molar-refractivity contribution in [2.24, 2.45) is 0 Å². The zero-order valence-corrected chi connectivity index (χ0v) is 45.6. The molecule has 0 saturated carbocycles. The highest BCUT2D eigenvalue weighted by atomic mass is 16.3. The zero-order valence-electron chi connectivity index (χ0n) is 45.6. The van der Waals surface area contributed by atoms with Crippen molar-refractivity contribution in [3.8, 4) is 0 Å². The molecule has 0 spiro atoms. The molecule has 0 fully saturated rings. The van der Waals surface area contributed by atoms with E-state index in [1.807, 2.05) is 127 Å². The summed E-state index contributed by atoms with van der Waals surface area (Å²) in [4.78, 5) is 72.3. The molecule has 3 aliphatic rings. The predicted octanol–water partition coefficient (Wildman–Crippen LogP) is 10.4. The standard InChI is InChI=1S/C69H61N5O6/c1-42-68(3,4)54-36-52(56(71-66(79)49-28-15-9-16-29-49)38-58(54)73(42)40-45-22-19-21-44(33-45)35-60(75)47-24-11-7-12-25-47)61-63(76)62(64(61)77)53-37-55-59(39-57(53)72-67(80)50-30-17-10-18-31-50)74(43(2)69(55,5)6)41-46-23-20-32-51(34-46)70-65(78)48-26-13-8-14-27-48/h7-34,36-39,42-43H,35,40-41H2,1-6H3,(H3,70,71,72,76,77,78,79,80). The normalized spacial score (nSPS) is 17.3. The maximum absolute atomic E-state index is 15.3. The third kappa shape index (κ3) is 9.80. The van der Waals surface area contributed by atoms with Gasteiger partial charge in [0.1, 0.15) is 0 Å². The first kappa shape index (κ1) is 52.6. The second-order valence-electron chi connectivity index (χ2n) is 22.2. The minimum absolute atomic E-state index is 0.0320. The van der Waals surface area contributed by atoms with Gasteiger partial charge >= 0.3 is 0 Å². The second-order valence-corrected chi connectivity index (χ2v) is 22.2. The van der Waals surface area contributed by atoms with Crippen LogP contribution in [0.15, 0.2) is 200 Å². The summed E-state index contributed by atoms with van der Waals surface area (Å²) >= 11 is 0. The molecule has 11 rings (SSSR count). The van der Waals surface area contributed by atoms with E-state index < -0.39 is 34.2 Å². The Morgan fingerprint density at radius 2 is 1.07 bits per heavy atom. The number of nitrogens with one attached hydrogen (secondary N) is 3. The van der Waals surface area contributed by atoms with Crippen LogP contribution in [0.3, 0.4) is 0 Å². The van der Waals surface area contributed by atoms with Crippen LogP contribution in [0.25, 0.3) is 11.1 Å². The number of amides is 3. The number of carbonyl (C=O) groups excluding carboxylic acids is 5. The number of benzene rings is 8. The van der Waals surface area contributed by atoms with E-state index in [9.17, 15) is 19.2 Å². The van der Waals surface area contributed by atoms with E-state index in [4.69, 9.17) is 0 Å². The summed E-state index contributed by atoms with van der Waals surface area (Å²) in [7, 11) is 0. The lowest BCUT2D eigenvalue weighted by atomic mass is 9.76. The van der Waals surface area contributed by atoms with Gasteiger partial charge in [-0.25, -0.2) is 4.58 Å². The summed E-state index contributed by atoms with van der Waals surface area (Å²) in [6.45, 7) is 13.8. The van der Waals surface area contributed by atoms with Crippen molar-refractivity contribution in [1.82, 2.24) is 4.58 Å². The number of ketones is 2. The number of hydrogen-bond donors (Lipinski definition) is 3. The third-order valence-electron chi connectivity index (χ3n) is 16.7. The van der Waals surface area contributed by atoms with Crippen molar-refractivity contribution in [2.45, 2.75) is 84.0 Å². The van der Waals surface area contributed by atoms with Gasteiger partial charge in [0.05, 0.1) is 16.8 Å². The fraction of sp³-hybridized carbons (Fsp3) is 0.188. The van der Waals surface area contributed by atoms with Gasteiger partial charge in [0, 0.05) is 97.2 Å². The van der Waals surface area contributed by atoms with Crippen LogP contribution in [-0.2, 0) is 35.1 Å². The summed E-state index contributed by atoms with van der Waals surface area (Å²) in [5.41, 5.74) is 7.96.